The summed E-state index contributed by atoms with van der Waals surface area (Å²) in [7, 11) is 0. The number of pyridine rings is 2. The first kappa shape index (κ1) is 9.16. The highest BCUT2D eigenvalue weighted by Gasteiger charge is 2.01. The molecule has 0 fully saturated rings. The van der Waals surface area contributed by atoms with Gasteiger partial charge in [-0.1, -0.05) is 11.6 Å². The van der Waals surface area contributed by atoms with Crippen molar-refractivity contribution < 1.29 is 0 Å². The van der Waals surface area contributed by atoms with E-state index < -0.39 is 0 Å². The van der Waals surface area contributed by atoms with Gasteiger partial charge in [0.1, 0.15) is 0 Å². The van der Waals surface area contributed by atoms with Crippen LogP contribution in [0.3, 0.4) is 0 Å². The van der Waals surface area contributed by atoms with Crippen LogP contribution in [0, 0.1) is 6.92 Å². The highest BCUT2D eigenvalue weighted by atomic mass is 35.5. The van der Waals surface area contributed by atoms with Crippen LogP contribution in [0.25, 0.3) is 11.3 Å². The van der Waals surface area contributed by atoms with Gasteiger partial charge in [0, 0.05) is 24.2 Å². The quantitative estimate of drug-likeness (QED) is 0.714. The Kier molecular flexibility index (Phi) is 2.46. The first-order valence-corrected chi connectivity index (χ1v) is 4.68. The predicted molar refractivity (Wildman–Crippen MR) is 57.2 cm³/mol. The molecule has 2 rings (SSSR count). The van der Waals surface area contributed by atoms with Crippen molar-refractivity contribution in [2.24, 2.45) is 0 Å². The Morgan fingerprint density at radius 2 is 2.14 bits per heavy atom. The summed E-state index contributed by atoms with van der Waals surface area (Å²) in [5.74, 6) is 0. The number of nitrogens with zero attached hydrogens (tertiary/aromatic N) is 2. The Morgan fingerprint density at radius 3 is 2.79 bits per heavy atom. The lowest BCUT2D eigenvalue weighted by Gasteiger charge is -2.02. The average molecular weight is 205 g/mol. The molecule has 0 aliphatic rings. The summed E-state index contributed by atoms with van der Waals surface area (Å²) in [6.45, 7) is 1.96. The average Bonchev–Trinajstić information content (AvgIpc) is 2.23. The van der Waals surface area contributed by atoms with Gasteiger partial charge in [-0.05, 0) is 30.7 Å². The van der Waals surface area contributed by atoms with Crippen LogP contribution in [0.1, 0.15) is 5.56 Å². The van der Waals surface area contributed by atoms with Gasteiger partial charge in [0.15, 0.2) is 0 Å². The van der Waals surface area contributed by atoms with E-state index in [9.17, 15) is 0 Å². The largest absolute Gasteiger partial charge is 0.264 e. The molecule has 0 aromatic carbocycles. The lowest BCUT2D eigenvalue weighted by Crippen LogP contribution is -1.86. The van der Waals surface area contributed by atoms with Gasteiger partial charge in [-0.25, -0.2) is 0 Å². The Bertz CT molecular complexity index is 440. The van der Waals surface area contributed by atoms with Crippen molar-refractivity contribution in [1.82, 2.24) is 9.97 Å². The fourth-order valence-corrected chi connectivity index (χ4v) is 1.31. The fourth-order valence-electron chi connectivity index (χ4n) is 1.21. The Balaban J connectivity index is 2.48. The van der Waals surface area contributed by atoms with Crippen molar-refractivity contribution in [2.45, 2.75) is 6.92 Å². The van der Waals surface area contributed by atoms with Crippen molar-refractivity contribution in [2.75, 3.05) is 0 Å². The van der Waals surface area contributed by atoms with Crippen LogP contribution >= 0.6 is 11.6 Å². The smallest absolute Gasteiger partial charge is 0.0721 e. The third kappa shape index (κ3) is 1.75. The summed E-state index contributed by atoms with van der Waals surface area (Å²) in [5.41, 5.74) is 2.94. The molecule has 2 heterocycles. The Morgan fingerprint density at radius 1 is 1.29 bits per heavy atom. The van der Waals surface area contributed by atoms with Crippen LogP contribution in [0.5, 0.6) is 0 Å². The second-order valence-corrected chi connectivity index (χ2v) is 3.47. The molecule has 2 aromatic heterocycles. The van der Waals surface area contributed by atoms with E-state index in [1.54, 1.807) is 18.6 Å². The van der Waals surface area contributed by atoms with Crippen LogP contribution in [-0.2, 0) is 0 Å². The van der Waals surface area contributed by atoms with E-state index in [1.807, 2.05) is 25.1 Å². The summed E-state index contributed by atoms with van der Waals surface area (Å²) in [6.07, 6.45) is 5.20. The number of halogens is 1. The summed E-state index contributed by atoms with van der Waals surface area (Å²) in [5, 5.41) is 0.692. The molecule has 0 unspecified atom stereocenters. The SMILES string of the molecule is Cc1cc(-c2cccnc2)ncc1Cl. The van der Waals surface area contributed by atoms with E-state index >= 15 is 0 Å². The van der Waals surface area contributed by atoms with E-state index in [4.69, 9.17) is 11.6 Å². The van der Waals surface area contributed by atoms with Gasteiger partial charge in [0.05, 0.1) is 10.7 Å². The van der Waals surface area contributed by atoms with Crippen molar-refractivity contribution in [1.29, 1.82) is 0 Å². The molecule has 0 atom stereocenters. The van der Waals surface area contributed by atoms with E-state index in [2.05, 4.69) is 9.97 Å². The number of rotatable bonds is 1. The number of hydrogen-bond acceptors (Lipinski definition) is 2. The van der Waals surface area contributed by atoms with Crippen molar-refractivity contribution in [3.63, 3.8) is 0 Å². The minimum Gasteiger partial charge on any atom is -0.264 e. The zero-order valence-corrected chi connectivity index (χ0v) is 8.49. The molecule has 0 spiro atoms. The predicted octanol–water partition coefficient (Wildman–Crippen LogP) is 3.11. The maximum Gasteiger partial charge on any atom is 0.0721 e. The molecular weight excluding hydrogens is 196 g/mol. The standard InChI is InChI=1S/C11H9ClN2/c1-8-5-11(14-7-10(8)12)9-3-2-4-13-6-9/h2-7H,1H3. The van der Waals surface area contributed by atoms with Gasteiger partial charge < -0.3 is 0 Å². The zero-order valence-electron chi connectivity index (χ0n) is 7.74. The monoisotopic (exact) mass is 204 g/mol. The molecule has 0 amide bonds. The molecule has 0 bridgehead atoms. The van der Waals surface area contributed by atoms with Crippen LogP contribution in [-0.4, -0.2) is 9.97 Å². The van der Waals surface area contributed by atoms with Gasteiger partial charge >= 0.3 is 0 Å². The summed E-state index contributed by atoms with van der Waals surface area (Å²) in [6, 6.07) is 5.82. The molecule has 0 N–H and O–H groups in total. The molecule has 0 aliphatic heterocycles. The van der Waals surface area contributed by atoms with E-state index in [-0.39, 0.29) is 0 Å². The Labute approximate surface area is 87.6 Å². The van der Waals surface area contributed by atoms with E-state index in [1.165, 1.54) is 0 Å². The van der Waals surface area contributed by atoms with Crippen LogP contribution in [0.2, 0.25) is 5.02 Å². The normalized spacial score (nSPS) is 10.1. The van der Waals surface area contributed by atoms with Crippen LogP contribution < -0.4 is 0 Å². The second-order valence-electron chi connectivity index (χ2n) is 3.06. The van der Waals surface area contributed by atoms with Gasteiger partial charge in [0.2, 0.25) is 0 Å². The summed E-state index contributed by atoms with van der Waals surface area (Å²) >= 11 is 5.89. The molecule has 2 nitrogen and oxygen atoms in total. The summed E-state index contributed by atoms with van der Waals surface area (Å²) in [4.78, 5) is 8.28. The van der Waals surface area contributed by atoms with Crippen LogP contribution in [0.15, 0.2) is 36.8 Å². The van der Waals surface area contributed by atoms with Crippen molar-refractivity contribution in [3.8, 4) is 11.3 Å². The number of hydrogen-bond donors (Lipinski definition) is 0. The number of aromatic nitrogens is 2. The zero-order chi connectivity index (χ0) is 9.97. The lowest BCUT2D eigenvalue weighted by atomic mass is 10.1. The molecular formula is C11H9ClN2. The maximum atomic E-state index is 5.89. The van der Waals surface area contributed by atoms with Gasteiger partial charge in [-0.15, -0.1) is 0 Å². The second kappa shape index (κ2) is 3.76. The maximum absolute atomic E-state index is 5.89. The third-order valence-electron chi connectivity index (χ3n) is 2.00. The topological polar surface area (TPSA) is 25.8 Å². The van der Waals surface area contributed by atoms with E-state index in [0.29, 0.717) is 5.02 Å². The van der Waals surface area contributed by atoms with E-state index in [0.717, 1.165) is 16.8 Å². The summed E-state index contributed by atoms with van der Waals surface area (Å²) < 4.78 is 0. The lowest BCUT2D eigenvalue weighted by molar-refractivity contribution is 1.26. The highest BCUT2D eigenvalue weighted by molar-refractivity contribution is 6.31. The molecule has 0 radical (unpaired) electrons. The minimum absolute atomic E-state index is 0.692. The van der Waals surface area contributed by atoms with Gasteiger partial charge in [-0.2, -0.15) is 0 Å². The van der Waals surface area contributed by atoms with Crippen molar-refractivity contribution in [3.05, 3.63) is 47.4 Å². The third-order valence-corrected chi connectivity index (χ3v) is 2.40. The van der Waals surface area contributed by atoms with Crippen LogP contribution in [0.4, 0.5) is 0 Å². The fraction of sp³-hybridized carbons (Fsp3) is 0.0909. The minimum atomic E-state index is 0.692. The molecule has 2 aromatic rings. The molecule has 70 valence electrons. The van der Waals surface area contributed by atoms with Gasteiger partial charge in [-0.3, -0.25) is 9.97 Å². The first-order valence-electron chi connectivity index (χ1n) is 4.30. The van der Waals surface area contributed by atoms with Crippen molar-refractivity contribution >= 4 is 11.6 Å². The number of aryl methyl sites for hydroxylation is 1. The highest BCUT2D eigenvalue weighted by Crippen LogP contribution is 2.20. The van der Waals surface area contributed by atoms with Gasteiger partial charge in [0.25, 0.3) is 0 Å². The molecule has 0 saturated heterocycles. The molecule has 14 heavy (non-hydrogen) atoms. The first-order chi connectivity index (χ1) is 6.77. The Hall–Kier alpha value is -1.41. The molecule has 0 aliphatic carbocycles. The molecule has 3 heteroatoms. The molecule has 0 saturated carbocycles.